The van der Waals surface area contributed by atoms with Crippen LogP contribution in [-0.2, 0) is 13.1 Å². The van der Waals surface area contributed by atoms with Crippen molar-refractivity contribution in [3.8, 4) is 5.75 Å². The minimum absolute atomic E-state index is 0. The average molecular weight is 460 g/mol. The van der Waals surface area contributed by atoms with Crippen LogP contribution in [-0.4, -0.2) is 24.6 Å². The Morgan fingerprint density at radius 1 is 1.33 bits per heavy atom. The third-order valence-corrected chi connectivity index (χ3v) is 4.25. The molecule has 0 aliphatic rings. The molecule has 0 fully saturated rings. The van der Waals surface area contributed by atoms with Crippen molar-refractivity contribution in [3.05, 3.63) is 45.4 Å². The highest BCUT2D eigenvalue weighted by Crippen LogP contribution is 2.23. The molecule has 24 heavy (non-hydrogen) atoms. The first-order valence-corrected chi connectivity index (χ1v) is 8.62. The molecule has 0 saturated carbocycles. The lowest BCUT2D eigenvalue weighted by Crippen LogP contribution is -2.37. The van der Waals surface area contributed by atoms with Gasteiger partial charge in [0.15, 0.2) is 5.96 Å². The minimum atomic E-state index is 0. The van der Waals surface area contributed by atoms with Crippen molar-refractivity contribution in [2.45, 2.75) is 33.9 Å². The molecule has 132 valence electrons. The summed E-state index contributed by atoms with van der Waals surface area (Å²) in [6.07, 6.45) is 1.85. The highest BCUT2D eigenvalue weighted by atomic mass is 127. The lowest BCUT2D eigenvalue weighted by atomic mass is 10.1. The molecule has 0 aliphatic carbocycles. The molecule has 0 aliphatic heterocycles. The van der Waals surface area contributed by atoms with E-state index >= 15 is 0 Å². The minimum Gasteiger partial charge on any atom is -0.496 e. The molecule has 2 aromatic heterocycles. The Bertz CT molecular complexity index is 659. The van der Waals surface area contributed by atoms with Crippen LogP contribution in [0.1, 0.15) is 29.3 Å². The number of aromatic nitrogens is 1. The van der Waals surface area contributed by atoms with Crippen LogP contribution in [0.2, 0.25) is 0 Å². The van der Waals surface area contributed by atoms with Crippen molar-refractivity contribution in [1.82, 2.24) is 15.6 Å². The molecule has 2 rings (SSSR count). The number of rotatable bonds is 6. The van der Waals surface area contributed by atoms with Gasteiger partial charge < -0.3 is 15.4 Å². The standard InChI is InChI=1S/C17H24N4OS.HI/c1-5-18-17(20-9-14-6-7-23-11-14)21-10-15-13(3)16(22-4)12(2)8-19-15;/h6-8,11H,5,9-10H2,1-4H3,(H2,18,20,21);1H. The number of methoxy groups -OCH3 is 1. The van der Waals surface area contributed by atoms with E-state index in [4.69, 9.17) is 4.74 Å². The summed E-state index contributed by atoms with van der Waals surface area (Å²) in [4.78, 5) is 9.11. The zero-order valence-electron chi connectivity index (χ0n) is 14.5. The second-order valence-electron chi connectivity index (χ2n) is 5.23. The predicted octanol–water partition coefficient (Wildman–Crippen LogP) is 3.64. The van der Waals surface area contributed by atoms with Crippen molar-refractivity contribution in [3.63, 3.8) is 0 Å². The van der Waals surface area contributed by atoms with Crippen LogP contribution in [0.5, 0.6) is 5.75 Å². The number of aliphatic imine (C=N–C) groups is 1. The molecule has 2 heterocycles. The lowest BCUT2D eigenvalue weighted by Gasteiger charge is -2.15. The van der Waals surface area contributed by atoms with Crippen molar-refractivity contribution < 1.29 is 4.74 Å². The summed E-state index contributed by atoms with van der Waals surface area (Å²) in [5, 5.41) is 10.8. The van der Waals surface area contributed by atoms with Gasteiger partial charge in [-0.3, -0.25) is 4.98 Å². The third kappa shape index (κ3) is 5.62. The molecule has 0 atom stereocenters. The van der Waals surface area contributed by atoms with Crippen LogP contribution in [0.25, 0.3) is 0 Å². The second kappa shape index (κ2) is 10.5. The predicted molar refractivity (Wildman–Crippen MR) is 112 cm³/mol. The first kappa shape index (κ1) is 20.7. The van der Waals surface area contributed by atoms with Crippen LogP contribution < -0.4 is 15.4 Å². The zero-order chi connectivity index (χ0) is 16.7. The third-order valence-electron chi connectivity index (χ3n) is 3.52. The van der Waals surface area contributed by atoms with E-state index in [0.29, 0.717) is 13.1 Å². The summed E-state index contributed by atoms with van der Waals surface area (Å²) in [7, 11) is 1.69. The molecule has 2 aromatic rings. The van der Waals surface area contributed by atoms with Crippen LogP contribution in [0.4, 0.5) is 0 Å². The Kier molecular flexibility index (Phi) is 9.05. The van der Waals surface area contributed by atoms with Gasteiger partial charge in [0, 0.05) is 23.9 Å². The van der Waals surface area contributed by atoms with Crippen LogP contribution in [0, 0.1) is 13.8 Å². The maximum Gasteiger partial charge on any atom is 0.191 e. The molecule has 7 heteroatoms. The van der Waals surface area contributed by atoms with Crippen LogP contribution in [0.3, 0.4) is 0 Å². The summed E-state index contributed by atoms with van der Waals surface area (Å²) >= 11 is 1.69. The van der Waals surface area contributed by atoms with Gasteiger partial charge in [-0.05, 0) is 43.2 Å². The zero-order valence-corrected chi connectivity index (χ0v) is 17.7. The monoisotopic (exact) mass is 460 g/mol. The fourth-order valence-electron chi connectivity index (χ4n) is 2.31. The Morgan fingerprint density at radius 3 is 2.75 bits per heavy atom. The van der Waals surface area contributed by atoms with Crippen molar-refractivity contribution in [1.29, 1.82) is 0 Å². The van der Waals surface area contributed by atoms with Gasteiger partial charge >= 0.3 is 0 Å². The largest absolute Gasteiger partial charge is 0.496 e. The van der Waals surface area contributed by atoms with Gasteiger partial charge in [-0.15, -0.1) is 24.0 Å². The SMILES string of the molecule is CCNC(=NCc1ccsc1)NCc1ncc(C)c(OC)c1C.I. The Balaban J connectivity index is 0.00000288. The van der Waals surface area contributed by atoms with Gasteiger partial charge in [0.1, 0.15) is 5.75 Å². The Morgan fingerprint density at radius 2 is 2.12 bits per heavy atom. The van der Waals surface area contributed by atoms with E-state index in [1.165, 1.54) is 5.56 Å². The fraction of sp³-hybridized carbons (Fsp3) is 0.412. The molecule has 0 saturated heterocycles. The molecule has 0 spiro atoms. The number of guanidine groups is 1. The quantitative estimate of drug-likeness (QED) is 0.393. The second-order valence-corrected chi connectivity index (χ2v) is 6.01. The first-order chi connectivity index (χ1) is 11.2. The van der Waals surface area contributed by atoms with Gasteiger partial charge in [0.05, 0.1) is 25.9 Å². The molecule has 0 amide bonds. The Hall–Kier alpha value is -1.35. The van der Waals surface area contributed by atoms with Gasteiger partial charge in [-0.25, -0.2) is 4.99 Å². The highest BCUT2D eigenvalue weighted by Gasteiger charge is 2.09. The van der Waals surface area contributed by atoms with Crippen molar-refractivity contribution in [2.75, 3.05) is 13.7 Å². The number of thiophene rings is 1. The van der Waals surface area contributed by atoms with Gasteiger partial charge in [0.2, 0.25) is 0 Å². The van der Waals surface area contributed by atoms with Crippen LogP contribution in [0.15, 0.2) is 28.0 Å². The number of hydrogen-bond donors (Lipinski definition) is 2. The lowest BCUT2D eigenvalue weighted by molar-refractivity contribution is 0.406. The summed E-state index contributed by atoms with van der Waals surface area (Å²) in [5.74, 6) is 1.69. The van der Waals surface area contributed by atoms with E-state index in [-0.39, 0.29) is 24.0 Å². The molecule has 0 aromatic carbocycles. The molecular formula is C17H25IN4OS. The number of nitrogens with one attached hydrogen (secondary N) is 2. The molecule has 0 unspecified atom stereocenters. The highest BCUT2D eigenvalue weighted by molar-refractivity contribution is 14.0. The fourth-order valence-corrected chi connectivity index (χ4v) is 2.97. The number of hydrogen-bond acceptors (Lipinski definition) is 4. The van der Waals surface area contributed by atoms with Gasteiger partial charge in [-0.2, -0.15) is 11.3 Å². The summed E-state index contributed by atoms with van der Waals surface area (Å²) < 4.78 is 5.45. The number of halogens is 1. The maximum absolute atomic E-state index is 5.45. The molecular weight excluding hydrogens is 435 g/mol. The van der Waals surface area contributed by atoms with E-state index in [0.717, 1.165) is 35.1 Å². The Labute approximate surface area is 165 Å². The number of nitrogens with zero attached hydrogens (tertiary/aromatic N) is 2. The summed E-state index contributed by atoms with van der Waals surface area (Å²) in [6, 6.07) is 2.09. The van der Waals surface area contributed by atoms with Crippen molar-refractivity contribution >= 4 is 41.3 Å². The molecule has 0 bridgehead atoms. The summed E-state index contributed by atoms with van der Waals surface area (Å²) in [5.41, 5.74) is 4.30. The van der Waals surface area contributed by atoms with Crippen LogP contribution >= 0.6 is 35.3 Å². The first-order valence-electron chi connectivity index (χ1n) is 7.68. The number of pyridine rings is 1. The molecule has 2 N–H and O–H groups in total. The van der Waals surface area contributed by atoms with Crippen molar-refractivity contribution in [2.24, 2.45) is 4.99 Å². The number of aryl methyl sites for hydroxylation is 1. The average Bonchev–Trinajstić information content (AvgIpc) is 3.05. The normalized spacial score (nSPS) is 10.9. The van der Waals surface area contributed by atoms with Gasteiger partial charge in [-0.1, -0.05) is 0 Å². The molecule has 0 radical (unpaired) electrons. The smallest absolute Gasteiger partial charge is 0.191 e. The van der Waals surface area contributed by atoms with Gasteiger partial charge in [0.25, 0.3) is 0 Å². The van der Waals surface area contributed by atoms with E-state index in [1.807, 2.05) is 20.0 Å². The maximum atomic E-state index is 5.45. The van der Waals surface area contributed by atoms with E-state index in [2.05, 4.69) is 44.4 Å². The van der Waals surface area contributed by atoms with E-state index in [9.17, 15) is 0 Å². The topological polar surface area (TPSA) is 58.5 Å². The molecule has 5 nitrogen and oxygen atoms in total. The number of ether oxygens (including phenoxy) is 1. The summed E-state index contributed by atoms with van der Waals surface area (Å²) in [6.45, 7) is 8.19. The van der Waals surface area contributed by atoms with E-state index in [1.54, 1.807) is 18.4 Å². The van der Waals surface area contributed by atoms with E-state index < -0.39 is 0 Å².